The Balaban J connectivity index is 0.00000243. The van der Waals surface area contributed by atoms with E-state index in [1.807, 2.05) is 42.9 Å². The van der Waals surface area contributed by atoms with E-state index in [0.29, 0.717) is 0 Å². The fourth-order valence-corrected chi connectivity index (χ4v) is 2.87. The summed E-state index contributed by atoms with van der Waals surface area (Å²) in [5.74, 6) is 1.89. The molecule has 0 unspecified atom stereocenters. The first-order chi connectivity index (χ1) is 12.2. The Kier molecular flexibility index (Phi) is 7.43. The Morgan fingerprint density at radius 1 is 1.19 bits per heavy atom. The highest BCUT2D eigenvalue weighted by atomic mass is 127. The highest BCUT2D eigenvalue weighted by Gasteiger charge is 2.09. The van der Waals surface area contributed by atoms with Crippen LogP contribution in [0.25, 0.3) is 5.65 Å². The fraction of sp³-hybridized carbons (Fsp3) is 0.389. The molecule has 0 aliphatic rings. The fourth-order valence-electron chi connectivity index (χ4n) is 2.87. The highest BCUT2D eigenvalue weighted by molar-refractivity contribution is 14.0. The molecule has 1 N–H and O–H groups in total. The summed E-state index contributed by atoms with van der Waals surface area (Å²) in [7, 11) is 5.92. The van der Waals surface area contributed by atoms with Crippen LogP contribution in [-0.4, -0.2) is 50.7 Å². The summed E-state index contributed by atoms with van der Waals surface area (Å²) in [5.41, 5.74) is 2.14. The molecular weight excluding hydrogens is 441 g/mol. The largest absolute Gasteiger partial charge is 0.356 e. The summed E-state index contributed by atoms with van der Waals surface area (Å²) >= 11 is 0. The van der Waals surface area contributed by atoms with Gasteiger partial charge in [0.05, 0.1) is 6.54 Å². The van der Waals surface area contributed by atoms with Crippen LogP contribution in [0.2, 0.25) is 0 Å². The van der Waals surface area contributed by atoms with Gasteiger partial charge in [0.1, 0.15) is 5.82 Å². The molecule has 0 aliphatic carbocycles. The van der Waals surface area contributed by atoms with Gasteiger partial charge in [-0.05, 0) is 30.7 Å². The molecule has 8 heteroatoms. The lowest BCUT2D eigenvalue weighted by atomic mass is 10.3. The van der Waals surface area contributed by atoms with E-state index < -0.39 is 0 Å². The molecule has 0 spiro atoms. The van der Waals surface area contributed by atoms with Gasteiger partial charge in [0.25, 0.3) is 0 Å². The number of aliphatic imine (C=N–C) groups is 1. The molecule has 0 saturated heterocycles. The number of aryl methyl sites for hydroxylation is 2. The van der Waals surface area contributed by atoms with Gasteiger partial charge < -0.3 is 14.8 Å². The van der Waals surface area contributed by atoms with E-state index in [2.05, 4.69) is 55.4 Å². The molecule has 7 nitrogen and oxygen atoms in total. The van der Waals surface area contributed by atoms with Gasteiger partial charge in [0, 0.05) is 52.2 Å². The van der Waals surface area contributed by atoms with Gasteiger partial charge in [0.2, 0.25) is 0 Å². The van der Waals surface area contributed by atoms with Crippen LogP contribution in [0.3, 0.4) is 0 Å². The number of hydrogen-bond donors (Lipinski definition) is 1. The van der Waals surface area contributed by atoms with Crippen molar-refractivity contribution in [2.75, 3.05) is 20.6 Å². The van der Waals surface area contributed by atoms with Crippen LogP contribution in [0.15, 0.2) is 47.7 Å². The van der Waals surface area contributed by atoms with Gasteiger partial charge in [-0.1, -0.05) is 6.07 Å². The summed E-state index contributed by atoms with van der Waals surface area (Å²) in [5, 5.41) is 11.9. The van der Waals surface area contributed by atoms with Gasteiger partial charge in [-0.3, -0.25) is 9.39 Å². The lowest BCUT2D eigenvalue weighted by molar-refractivity contribution is 0.461. The van der Waals surface area contributed by atoms with Crippen molar-refractivity contribution in [3.05, 3.63) is 54.2 Å². The molecule has 0 atom stereocenters. The standard InChI is InChI=1S/C18H25N7.HI/c1-19-18(24(3)14-15-8-7-12-23(15)2)20-11-6-10-17-22-21-16-9-4-5-13-25(16)17;/h4-5,7-9,12-13H,6,10-11,14H2,1-3H3,(H,19,20);1H. The van der Waals surface area contributed by atoms with Crippen molar-refractivity contribution < 1.29 is 0 Å². The predicted molar refractivity (Wildman–Crippen MR) is 115 cm³/mol. The zero-order valence-corrected chi connectivity index (χ0v) is 17.8. The molecular formula is C18H26IN7. The molecule has 0 bridgehead atoms. The summed E-state index contributed by atoms with van der Waals surface area (Å²) in [6.45, 7) is 1.66. The summed E-state index contributed by atoms with van der Waals surface area (Å²) in [6.07, 6.45) is 5.90. The van der Waals surface area contributed by atoms with E-state index in [1.54, 1.807) is 0 Å². The number of pyridine rings is 1. The van der Waals surface area contributed by atoms with Crippen molar-refractivity contribution in [2.24, 2.45) is 12.0 Å². The minimum atomic E-state index is 0. The average Bonchev–Trinajstić information content (AvgIpc) is 3.21. The molecule has 3 heterocycles. The van der Waals surface area contributed by atoms with Crippen molar-refractivity contribution in [3.63, 3.8) is 0 Å². The first-order valence-corrected chi connectivity index (χ1v) is 8.49. The van der Waals surface area contributed by atoms with Crippen LogP contribution in [0.1, 0.15) is 17.9 Å². The summed E-state index contributed by atoms with van der Waals surface area (Å²) in [6, 6.07) is 10.1. The van der Waals surface area contributed by atoms with Crippen molar-refractivity contribution in [3.8, 4) is 0 Å². The van der Waals surface area contributed by atoms with E-state index in [4.69, 9.17) is 0 Å². The topological polar surface area (TPSA) is 62.8 Å². The molecule has 0 amide bonds. The van der Waals surface area contributed by atoms with Crippen molar-refractivity contribution in [2.45, 2.75) is 19.4 Å². The smallest absolute Gasteiger partial charge is 0.193 e. The maximum atomic E-state index is 4.37. The molecule has 0 radical (unpaired) electrons. The first-order valence-electron chi connectivity index (χ1n) is 8.49. The van der Waals surface area contributed by atoms with Crippen molar-refractivity contribution in [1.29, 1.82) is 0 Å². The highest BCUT2D eigenvalue weighted by Crippen LogP contribution is 2.06. The molecule has 3 aromatic heterocycles. The molecule has 26 heavy (non-hydrogen) atoms. The summed E-state index contributed by atoms with van der Waals surface area (Å²) < 4.78 is 4.16. The lowest BCUT2D eigenvalue weighted by Gasteiger charge is -2.22. The van der Waals surface area contributed by atoms with E-state index in [1.165, 1.54) is 5.69 Å². The second-order valence-electron chi connectivity index (χ2n) is 6.09. The third kappa shape index (κ3) is 4.75. The maximum absolute atomic E-state index is 4.37. The van der Waals surface area contributed by atoms with Crippen LogP contribution in [0.5, 0.6) is 0 Å². The van der Waals surface area contributed by atoms with E-state index in [9.17, 15) is 0 Å². The molecule has 0 saturated carbocycles. The number of rotatable bonds is 6. The molecule has 3 rings (SSSR count). The molecule has 0 aromatic carbocycles. The first kappa shape index (κ1) is 20.2. The molecule has 0 fully saturated rings. The number of nitrogens with one attached hydrogen (secondary N) is 1. The summed E-state index contributed by atoms with van der Waals surface area (Å²) in [4.78, 5) is 6.50. The van der Waals surface area contributed by atoms with Gasteiger partial charge in [-0.15, -0.1) is 34.2 Å². The zero-order valence-electron chi connectivity index (χ0n) is 15.5. The second-order valence-corrected chi connectivity index (χ2v) is 6.09. The van der Waals surface area contributed by atoms with Gasteiger partial charge in [-0.2, -0.15) is 0 Å². The Morgan fingerprint density at radius 3 is 2.77 bits per heavy atom. The predicted octanol–water partition coefficient (Wildman–Crippen LogP) is 2.33. The Bertz CT molecular complexity index is 852. The number of hydrogen-bond acceptors (Lipinski definition) is 3. The minimum Gasteiger partial charge on any atom is -0.356 e. The maximum Gasteiger partial charge on any atom is 0.193 e. The lowest BCUT2D eigenvalue weighted by Crippen LogP contribution is -2.39. The number of guanidine groups is 1. The minimum absolute atomic E-state index is 0. The Morgan fingerprint density at radius 2 is 2.04 bits per heavy atom. The Labute approximate surface area is 171 Å². The SMILES string of the molecule is CN=C(NCCCc1nnc2ccccn12)N(C)Cc1cccn1C.I. The Hall–Kier alpha value is -2.10. The van der Waals surface area contributed by atoms with Crippen LogP contribution in [0.4, 0.5) is 0 Å². The quantitative estimate of drug-likeness (QED) is 0.262. The van der Waals surface area contributed by atoms with Gasteiger partial charge in [0.15, 0.2) is 11.6 Å². The van der Waals surface area contributed by atoms with Crippen LogP contribution in [0, 0.1) is 0 Å². The normalized spacial score (nSPS) is 11.4. The third-order valence-corrected chi connectivity index (χ3v) is 4.27. The number of nitrogens with zero attached hydrogens (tertiary/aromatic N) is 6. The second kappa shape index (κ2) is 9.56. The zero-order chi connectivity index (χ0) is 17.6. The molecule has 3 aromatic rings. The van der Waals surface area contributed by atoms with E-state index >= 15 is 0 Å². The van der Waals surface area contributed by atoms with Gasteiger partial charge >= 0.3 is 0 Å². The third-order valence-electron chi connectivity index (χ3n) is 4.27. The number of aromatic nitrogens is 4. The van der Waals surface area contributed by atoms with Crippen LogP contribution < -0.4 is 5.32 Å². The monoisotopic (exact) mass is 467 g/mol. The molecule has 140 valence electrons. The average molecular weight is 467 g/mol. The number of fused-ring (bicyclic) bond motifs is 1. The van der Waals surface area contributed by atoms with Crippen LogP contribution in [-0.2, 0) is 20.0 Å². The van der Waals surface area contributed by atoms with E-state index in [-0.39, 0.29) is 24.0 Å². The molecule has 0 aliphatic heterocycles. The van der Waals surface area contributed by atoms with Gasteiger partial charge in [-0.25, -0.2) is 0 Å². The van der Waals surface area contributed by atoms with Crippen molar-refractivity contribution >= 4 is 35.6 Å². The van der Waals surface area contributed by atoms with E-state index in [0.717, 1.165) is 43.4 Å². The van der Waals surface area contributed by atoms with Crippen LogP contribution >= 0.6 is 24.0 Å². The van der Waals surface area contributed by atoms with Crippen molar-refractivity contribution in [1.82, 2.24) is 29.4 Å². The number of halogens is 1.